The summed E-state index contributed by atoms with van der Waals surface area (Å²) < 4.78 is 0. The summed E-state index contributed by atoms with van der Waals surface area (Å²) in [5.41, 5.74) is 2.03. The lowest BCUT2D eigenvalue weighted by molar-refractivity contribution is 0.125. The Balaban J connectivity index is 0.000000222. The molecule has 0 spiro atoms. The molecule has 194 valence electrons. The Kier molecular flexibility index (Phi) is 9.80. The van der Waals surface area contributed by atoms with Gasteiger partial charge in [0.1, 0.15) is 11.9 Å². The summed E-state index contributed by atoms with van der Waals surface area (Å²) in [5, 5.41) is 22.3. The molecule has 4 rings (SSSR count). The zero-order valence-corrected chi connectivity index (χ0v) is 22.9. The van der Waals surface area contributed by atoms with Crippen LogP contribution in [0.25, 0.3) is 0 Å². The van der Waals surface area contributed by atoms with Gasteiger partial charge in [-0.05, 0) is 43.5 Å². The summed E-state index contributed by atoms with van der Waals surface area (Å²) in [6.45, 7) is 4.04. The molecule has 0 aliphatic carbocycles. The quantitative estimate of drug-likeness (QED) is 0.298. The van der Waals surface area contributed by atoms with Crippen molar-refractivity contribution in [3.63, 3.8) is 0 Å². The number of aromatic nitrogens is 4. The molecule has 0 aliphatic heterocycles. The smallest absolute Gasteiger partial charge is 0.228 e. The number of benzene rings is 2. The fraction of sp³-hybridized carbons (Fsp3) is 0.286. The van der Waals surface area contributed by atoms with Gasteiger partial charge in [0, 0.05) is 58.9 Å². The molecular formula is C28H31Cl2N5O2. The van der Waals surface area contributed by atoms with E-state index < -0.39 is 5.60 Å². The summed E-state index contributed by atoms with van der Waals surface area (Å²) in [4.78, 5) is 18.2. The molecule has 0 aliphatic rings. The number of hydrogen-bond donors (Lipinski definition) is 2. The second kappa shape index (κ2) is 12.8. The van der Waals surface area contributed by atoms with Crippen molar-refractivity contribution in [2.45, 2.75) is 38.7 Å². The Labute approximate surface area is 227 Å². The second-order valence-electron chi connectivity index (χ2n) is 8.73. The Morgan fingerprint density at radius 1 is 0.919 bits per heavy atom. The highest BCUT2D eigenvalue weighted by atomic mass is 35.5. The van der Waals surface area contributed by atoms with Gasteiger partial charge in [0.15, 0.2) is 0 Å². The molecule has 7 nitrogen and oxygen atoms in total. The van der Waals surface area contributed by atoms with E-state index in [0.29, 0.717) is 32.7 Å². The highest BCUT2D eigenvalue weighted by Crippen LogP contribution is 2.39. The molecule has 0 fully saturated rings. The van der Waals surface area contributed by atoms with Gasteiger partial charge in [0.25, 0.3) is 0 Å². The molecular weight excluding hydrogens is 509 g/mol. The Morgan fingerprint density at radius 2 is 1.57 bits per heavy atom. The lowest BCUT2D eigenvalue weighted by atomic mass is 9.81. The Morgan fingerprint density at radius 3 is 2.14 bits per heavy atom. The van der Waals surface area contributed by atoms with E-state index in [-0.39, 0.29) is 5.88 Å². The first-order chi connectivity index (χ1) is 17.7. The second-order valence-corrected chi connectivity index (χ2v) is 9.58. The highest BCUT2D eigenvalue weighted by molar-refractivity contribution is 6.31. The van der Waals surface area contributed by atoms with Crippen LogP contribution >= 0.6 is 23.2 Å². The number of aliphatic hydroxyl groups is 1. The van der Waals surface area contributed by atoms with E-state index in [0.717, 1.165) is 30.5 Å². The van der Waals surface area contributed by atoms with Crippen molar-refractivity contribution in [1.82, 2.24) is 19.9 Å². The predicted octanol–water partition coefficient (Wildman–Crippen LogP) is 5.97. The molecule has 0 radical (unpaired) electrons. The predicted molar refractivity (Wildman–Crippen MR) is 148 cm³/mol. The van der Waals surface area contributed by atoms with Crippen molar-refractivity contribution in [2.24, 2.45) is 0 Å². The van der Waals surface area contributed by atoms with Crippen molar-refractivity contribution in [1.29, 1.82) is 0 Å². The van der Waals surface area contributed by atoms with Gasteiger partial charge in [-0.1, -0.05) is 66.9 Å². The maximum Gasteiger partial charge on any atom is 0.228 e. The number of aromatic hydroxyl groups is 1. The van der Waals surface area contributed by atoms with Crippen LogP contribution in [0.2, 0.25) is 10.0 Å². The number of rotatable bonds is 7. The van der Waals surface area contributed by atoms with Gasteiger partial charge in [0.05, 0.1) is 0 Å². The first kappa shape index (κ1) is 28.3. The van der Waals surface area contributed by atoms with Crippen molar-refractivity contribution >= 4 is 29.2 Å². The molecule has 4 aromatic rings. The first-order valence-corrected chi connectivity index (χ1v) is 12.7. The lowest BCUT2D eigenvalue weighted by Crippen LogP contribution is -2.29. The summed E-state index contributed by atoms with van der Waals surface area (Å²) in [7, 11) is 3.72. The van der Waals surface area contributed by atoms with Crippen molar-refractivity contribution < 1.29 is 10.2 Å². The fourth-order valence-electron chi connectivity index (χ4n) is 3.82. The van der Waals surface area contributed by atoms with Crippen LogP contribution in [0.4, 0.5) is 5.95 Å². The molecule has 0 bridgehead atoms. The third-order valence-electron chi connectivity index (χ3n) is 5.86. The minimum atomic E-state index is -1.45. The zero-order valence-electron chi connectivity index (χ0n) is 21.4. The maximum atomic E-state index is 11.5. The van der Waals surface area contributed by atoms with Crippen LogP contribution in [0, 0.1) is 6.92 Å². The Bertz CT molecular complexity index is 1280. The number of aryl methyl sites for hydroxylation is 1. The largest absolute Gasteiger partial charge is 0.493 e. The maximum absolute atomic E-state index is 11.5. The van der Waals surface area contributed by atoms with Crippen LogP contribution in [0.15, 0.2) is 67.3 Å². The van der Waals surface area contributed by atoms with E-state index in [1.807, 2.05) is 33.2 Å². The minimum absolute atomic E-state index is 0.125. The van der Waals surface area contributed by atoms with E-state index >= 15 is 0 Å². The summed E-state index contributed by atoms with van der Waals surface area (Å²) >= 11 is 12.3. The first-order valence-electron chi connectivity index (χ1n) is 11.9. The third kappa shape index (κ3) is 6.74. The average molecular weight is 540 g/mol. The summed E-state index contributed by atoms with van der Waals surface area (Å²) in [5.74, 6) is 0.685. The zero-order chi connectivity index (χ0) is 27.0. The van der Waals surface area contributed by atoms with Crippen molar-refractivity contribution in [3.8, 4) is 5.88 Å². The molecule has 37 heavy (non-hydrogen) atoms. The van der Waals surface area contributed by atoms with Crippen LogP contribution < -0.4 is 4.90 Å². The van der Waals surface area contributed by atoms with Crippen LogP contribution in [0.1, 0.15) is 47.7 Å². The minimum Gasteiger partial charge on any atom is -0.493 e. The van der Waals surface area contributed by atoms with Gasteiger partial charge in [-0.2, -0.15) is 4.98 Å². The number of halogens is 2. The monoisotopic (exact) mass is 539 g/mol. The van der Waals surface area contributed by atoms with E-state index in [9.17, 15) is 10.2 Å². The van der Waals surface area contributed by atoms with Crippen LogP contribution in [0.5, 0.6) is 5.88 Å². The molecule has 2 heterocycles. The number of nitrogens with zero attached hydrogens (tertiary/aromatic N) is 5. The SMILES string of the molecule is CCCCc1c(C)nc(N(C)C)nc1O.OC(c1ccc(Cl)cc1)(c1cncnc1)c1ccccc1Cl. The van der Waals surface area contributed by atoms with Crippen molar-refractivity contribution in [2.75, 3.05) is 19.0 Å². The highest BCUT2D eigenvalue weighted by Gasteiger charge is 2.36. The van der Waals surface area contributed by atoms with Gasteiger partial charge in [-0.25, -0.2) is 15.0 Å². The topological polar surface area (TPSA) is 95.3 Å². The third-order valence-corrected chi connectivity index (χ3v) is 6.45. The fourth-order valence-corrected chi connectivity index (χ4v) is 4.22. The normalized spacial score (nSPS) is 12.3. The Hall–Kier alpha value is -3.26. The van der Waals surface area contributed by atoms with Gasteiger partial charge < -0.3 is 15.1 Å². The molecule has 0 saturated heterocycles. The van der Waals surface area contributed by atoms with E-state index in [1.54, 1.807) is 53.7 Å². The number of unbranched alkanes of at least 4 members (excludes halogenated alkanes) is 1. The molecule has 9 heteroatoms. The van der Waals surface area contributed by atoms with Gasteiger partial charge in [0.2, 0.25) is 11.8 Å². The van der Waals surface area contributed by atoms with E-state index in [4.69, 9.17) is 23.2 Å². The lowest BCUT2D eigenvalue weighted by Gasteiger charge is -2.30. The van der Waals surface area contributed by atoms with E-state index in [1.165, 1.54) is 6.33 Å². The number of hydrogen-bond acceptors (Lipinski definition) is 7. The van der Waals surface area contributed by atoms with Crippen LogP contribution in [0.3, 0.4) is 0 Å². The van der Waals surface area contributed by atoms with Gasteiger partial charge in [-0.15, -0.1) is 0 Å². The molecule has 0 amide bonds. The molecule has 1 unspecified atom stereocenters. The number of anilines is 1. The summed E-state index contributed by atoms with van der Waals surface area (Å²) in [6, 6.07) is 14.1. The molecule has 2 aromatic heterocycles. The van der Waals surface area contributed by atoms with Gasteiger partial charge >= 0.3 is 0 Å². The molecule has 2 N–H and O–H groups in total. The van der Waals surface area contributed by atoms with Crippen molar-refractivity contribution in [3.05, 3.63) is 105 Å². The molecule has 2 aromatic carbocycles. The van der Waals surface area contributed by atoms with E-state index in [2.05, 4.69) is 26.9 Å². The van der Waals surface area contributed by atoms with Crippen LogP contribution in [-0.2, 0) is 12.0 Å². The standard InChI is InChI=1S/C17H12Cl2N2O.C11H19N3O/c18-14-7-5-12(6-8-14)17(22,13-9-20-11-21-10-13)15-3-1-2-4-16(15)19;1-5-6-7-9-8(2)12-11(14(3)4)13-10(9)15/h1-11,22H;5-7H2,1-4H3,(H,12,13,15). The van der Waals surface area contributed by atoms with Crippen LogP contribution in [-0.4, -0.2) is 44.2 Å². The molecule has 1 atom stereocenters. The average Bonchev–Trinajstić information content (AvgIpc) is 2.89. The molecule has 0 saturated carbocycles. The summed E-state index contributed by atoms with van der Waals surface area (Å²) in [6.07, 6.45) is 7.57. The van der Waals surface area contributed by atoms with Gasteiger partial charge in [-0.3, -0.25) is 0 Å².